The molecule has 10 heteroatoms. The van der Waals surface area contributed by atoms with E-state index in [1.54, 1.807) is 36.5 Å². The number of nitrogens with zero attached hydrogens (tertiary/aromatic N) is 4. The topological polar surface area (TPSA) is 122 Å². The third-order valence-electron chi connectivity index (χ3n) is 7.38. The predicted octanol–water partition coefficient (Wildman–Crippen LogP) is 3.40. The smallest absolute Gasteiger partial charge is 0.398 e. The molecule has 1 amide bonds. The van der Waals surface area contributed by atoms with Gasteiger partial charge in [0, 0.05) is 43.3 Å². The number of nitriles is 1. The quantitative estimate of drug-likeness (QED) is 0.450. The molecule has 2 aromatic rings. The van der Waals surface area contributed by atoms with Crippen molar-refractivity contribution in [2.24, 2.45) is 5.73 Å². The number of anilines is 1. The SMILES string of the molecule is CC(C)N1CCC(C#N)(c2ncccc2N2CCC(C)(Oc3ccc(Cl)cc3)C2OC(=O)C(N)=O)CC1. The molecule has 3 heterocycles. The Bertz CT molecular complexity index is 1190. The second kappa shape index (κ2) is 10.6. The number of hydrogen-bond donors (Lipinski definition) is 1. The molecule has 2 atom stereocenters. The lowest BCUT2D eigenvalue weighted by Crippen LogP contribution is -2.51. The maximum absolute atomic E-state index is 12.4. The summed E-state index contributed by atoms with van der Waals surface area (Å²) in [5, 5.41) is 10.9. The summed E-state index contributed by atoms with van der Waals surface area (Å²) in [6, 6.07) is 13.5. The van der Waals surface area contributed by atoms with Crippen LogP contribution < -0.4 is 15.4 Å². The Morgan fingerprint density at radius 3 is 2.43 bits per heavy atom. The summed E-state index contributed by atoms with van der Waals surface area (Å²) >= 11 is 6.02. The van der Waals surface area contributed by atoms with Crippen LogP contribution in [0.4, 0.5) is 5.69 Å². The van der Waals surface area contributed by atoms with Gasteiger partial charge in [0.05, 0.1) is 17.5 Å². The summed E-state index contributed by atoms with van der Waals surface area (Å²) in [5.41, 5.74) is 4.73. The summed E-state index contributed by atoms with van der Waals surface area (Å²) in [6.07, 6.45) is 2.42. The highest BCUT2D eigenvalue weighted by Gasteiger charge is 2.51. The number of ether oxygens (including phenoxy) is 2. The van der Waals surface area contributed by atoms with Gasteiger partial charge in [-0.05, 0) is 70.0 Å². The number of halogens is 1. The summed E-state index contributed by atoms with van der Waals surface area (Å²) in [5.74, 6) is -1.81. The van der Waals surface area contributed by atoms with Crippen LogP contribution in [-0.2, 0) is 19.7 Å². The molecule has 2 unspecified atom stereocenters. The zero-order valence-electron chi connectivity index (χ0n) is 21.3. The molecule has 0 aliphatic carbocycles. The molecule has 37 heavy (non-hydrogen) atoms. The molecule has 196 valence electrons. The van der Waals surface area contributed by atoms with Crippen molar-refractivity contribution in [3.05, 3.63) is 53.3 Å². The average molecular weight is 526 g/mol. The van der Waals surface area contributed by atoms with Crippen molar-refractivity contribution >= 4 is 29.2 Å². The van der Waals surface area contributed by atoms with Crippen LogP contribution in [0.1, 0.15) is 45.7 Å². The number of piperidine rings is 1. The van der Waals surface area contributed by atoms with Crippen molar-refractivity contribution in [2.75, 3.05) is 24.5 Å². The zero-order chi connectivity index (χ0) is 26.8. The summed E-state index contributed by atoms with van der Waals surface area (Å²) in [7, 11) is 0. The Morgan fingerprint density at radius 2 is 1.84 bits per heavy atom. The number of likely N-dealkylation sites (tertiary alicyclic amines) is 1. The molecule has 2 saturated heterocycles. The fourth-order valence-electron chi connectivity index (χ4n) is 5.20. The highest BCUT2D eigenvalue weighted by Crippen LogP contribution is 2.44. The van der Waals surface area contributed by atoms with E-state index in [-0.39, 0.29) is 0 Å². The van der Waals surface area contributed by atoms with Crippen LogP contribution in [0.15, 0.2) is 42.6 Å². The molecule has 2 N–H and O–H groups in total. The van der Waals surface area contributed by atoms with Crippen LogP contribution in [0, 0.1) is 11.3 Å². The van der Waals surface area contributed by atoms with Crippen molar-refractivity contribution < 1.29 is 19.1 Å². The van der Waals surface area contributed by atoms with E-state index in [4.69, 9.17) is 26.8 Å². The van der Waals surface area contributed by atoms with Crippen molar-refractivity contribution in [1.82, 2.24) is 9.88 Å². The van der Waals surface area contributed by atoms with Crippen LogP contribution in [0.3, 0.4) is 0 Å². The van der Waals surface area contributed by atoms with Crippen LogP contribution in [-0.4, -0.2) is 59.3 Å². The van der Waals surface area contributed by atoms with Crippen molar-refractivity contribution in [3.8, 4) is 11.8 Å². The monoisotopic (exact) mass is 525 g/mol. The number of nitrogens with two attached hydrogens (primary N) is 1. The van der Waals surface area contributed by atoms with Gasteiger partial charge in [0.15, 0.2) is 5.60 Å². The number of primary amides is 1. The van der Waals surface area contributed by atoms with E-state index in [2.05, 4.69) is 29.8 Å². The first-order chi connectivity index (χ1) is 17.6. The van der Waals surface area contributed by atoms with Gasteiger partial charge in [-0.2, -0.15) is 5.26 Å². The van der Waals surface area contributed by atoms with Crippen molar-refractivity contribution in [2.45, 2.75) is 63.3 Å². The Hall–Kier alpha value is -3.35. The van der Waals surface area contributed by atoms with Gasteiger partial charge in [-0.15, -0.1) is 0 Å². The summed E-state index contributed by atoms with van der Waals surface area (Å²) in [4.78, 5) is 32.9. The fourth-order valence-corrected chi connectivity index (χ4v) is 5.33. The van der Waals surface area contributed by atoms with Gasteiger partial charge in [0.2, 0.25) is 6.23 Å². The number of benzene rings is 1. The first-order valence-electron chi connectivity index (χ1n) is 12.4. The minimum Gasteiger partial charge on any atom is -0.482 e. The number of amides is 1. The maximum Gasteiger partial charge on any atom is 0.398 e. The van der Waals surface area contributed by atoms with Crippen LogP contribution in [0.5, 0.6) is 5.75 Å². The Balaban J connectivity index is 1.71. The average Bonchev–Trinajstić information content (AvgIpc) is 3.20. The van der Waals surface area contributed by atoms with E-state index in [1.807, 2.05) is 17.9 Å². The highest BCUT2D eigenvalue weighted by atomic mass is 35.5. The van der Waals surface area contributed by atoms with E-state index < -0.39 is 29.1 Å². The highest BCUT2D eigenvalue weighted by molar-refractivity contribution is 6.31. The van der Waals surface area contributed by atoms with E-state index >= 15 is 0 Å². The van der Waals surface area contributed by atoms with Gasteiger partial charge in [0.25, 0.3) is 0 Å². The molecule has 0 bridgehead atoms. The lowest BCUT2D eigenvalue weighted by Gasteiger charge is -2.41. The van der Waals surface area contributed by atoms with Gasteiger partial charge in [-0.25, -0.2) is 4.79 Å². The van der Waals surface area contributed by atoms with Crippen LogP contribution in [0.2, 0.25) is 5.02 Å². The van der Waals surface area contributed by atoms with E-state index in [1.165, 1.54) is 0 Å². The first kappa shape index (κ1) is 26.7. The second-order valence-electron chi connectivity index (χ2n) is 10.1. The molecule has 1 aromatic carbocycles. The standard InChI is InChI=1S/C27H32ClN5O4/c1-18(2)32-14-11-27(17-29,12-15-32)22-21(5-4-13-31-22)33-16-10-26(3,25(33)36-24(35)23(30)34)37-20-8-6-19(28)7-9-20/h4-9,13,18,25H,10-12,14-16H2,1-3H3,(H2,30,34). The van der Waals surface area contributed by atoms with Gasteiger partial charge in [-0.1, -0.05) is 11.6 Å². The number of carbonyl (C=O) groups excluding carboxylic acids is 2. The molecule has 0 radical (unpaired) electrons. The number of esters is 1. The Kier molecular flexibility index (Phi) is 7.62. The van der Waals surface area contributed by atoms with Gasteiger partial charge in [-0.3, -0.25) is 9.78 Å². The van der Waals surface area contributed by atoms with Gasteiger partial charge >= 0.3 is 11.9 Å². The second-order valence-corrected chi connectivity index (χ2v) is 10.6. The molecule has 2 aliphatic rings. The Morgan fingerprint density at radius 1 is 1.16 bits per heavy atom. The van der Waals surface area contributed by atoms with Crippen LogP contribution in [0.25, 0.3) is 0 Å². The summed E-state index contributed by atoms with van der Waals surface area (Å²) < 4.78 is 12.0. The minimum atomic E-state index is -1.19. The van der Waals surface area contributed by atoms with Gasteiger partial charge < -0.3 is 25.0 Å². The van der Waals surface area contributed by atoms with Crippen LogP contribution >= 0.6 is 11.6 Å². The third kappa shape index (κ3) is 5.36. The third-order valence-corrected chi connectivity index (χ3v) is 7.64. The molecule has 0 saturated carbocycles. The summed E-state index contributed by atoms with van der Waals surface area (Å²) in [6.45, 7) is 8.11. The molecule has 4 rings (SSSR count). The van der Waals surface area contributed by atoms with E-state index in [9.17, 15) is 14.9 Å². The zero-order valence-corrected chi connectivity index (χ0v) is 22.1. The molecule has 2 aliphatic heterocycles. The number of aromatic nitrogens is 1. The normalized spacial score (nSPS) is 23.5. The molecular weight excluding hydrogens is 494 g/mol. The van der Waals surface area contributed by atoms with Crippen molar-refractivity contribution in [3.63, 3.8) is 0 Å². The van der Waals surface area contributed by atoms with Gasteiger partial charge in [0.1, 0.15) is 11.2 Å². The largest absolute Gasteiger partial charge is 0.482 e. The molecule has 2 fully saturated rings. The Labute approximate surface area is 222 Å². The predicted molar refractivity (Wildman–Crippen MR) is 139 cm³/mol. The lowest BCUT2D eigenvalue weighted by molar-refractivity contribution is -0.163. The van der Waals surface area contributed by atoms with E-state index in [0.717, 1.165) is 13.1 Å². The molecule has 1 aromatic heterocycles. The number of hydrogen-bond acceptors (Lipinski definition) is 8. The van der Waals surface area contributed by atoms with Crippen molar-refractivity contribution in [1.29, 1.82) is 5.26 Å². The minimum absolute atomic E-state index is 0.391. The number of pyridine rings is 1. The fraction of sp³-hybridized carbons (Fsp3) is 0.481. The maximum atomic E-state index is 12.4. The number of carbonyl (C=O) groups is 2. The molecule has 0 spiro atoms. The van der Waals surface area contributed by atoms with E-state index in [0.29, 0.717) is 54.0 Å². The molecule has 9 nitrogen and oxygen atoms in total. The first-order valence-corrected chi connectivity index (χ1v) is 12.8. The lowest BCUT2D eigenvalue weighted by atomic mass is 9.75. The number of rotatable bonds is 6. The molecular formula is C27H32ClN5O4.